The summed E-state index contributed by atoms with van der Waals surface area (Å²) in [7, 11) is 0. The molecular weight excluding hydrogens is 279 g/mol. The van der Waals surface area contributed by atoms with Crippen molar-refractivity contribution in [3.8, 4) is 0 Å². The van der Waals surface area contributed by atoms with E-state index in [2.05, 4.69) is 16.1 Å². The molecular formula is C10H11F5O4. The summed E-state index contributed by atoms with van der Waals surface area (Å²) in [6, 6.07) is 0. The SMILES string of the molecule is C=C(C)C(=O)OCCOC(=O)C(F)(F)CC(F)(F)F. The summed E-state index contributed by atoms with van der Waals surface area (Å²) in [6.45, 7) is 3.22. The predicted molar refractivity (Wildman–Crippen MR) is 52.4 cm³/mol. The molecule has 0 aliphatic heterocycles. The quantitative estimate of drug-likeness (QED) is 0.326. The highest BCUT2D eigenvalue weighted by Gasteiger charge is 2.50. The molecule has 0 aromatic carbocycles. The monoisotopic (exact) mass is 290 g/mol. The van der Waals surface area contributed by atoms with Crippen LogP contribution in [0.4, 0.5) is 22.0 Å². The van der Waals surface area contributed by atoms with Crippen LogP contribution in [0.2, 0.25) is 0 Å². The number of carbonyl (C=O) groups excluding carboxylic acids is 2. The Bertz CT molecular complexity index is 361. The first-order valence-electron chi connectivity index (χ1n) is 4.90. The van der Waals surface area contributed by atoms with E-state index in [1.807, 2.05) is 0 Å². The Morgan fingerprint density at radius 1 is 1.05 bits per heavy atom. The lowest BCUT2D eigenvalue weighted by Crippen LogP contribution is -2.36. The first-order chi connectivity index (χ1) is 8.46. The molecule has 0 fully saturated rings. The number of carbonyl (C=O) groups is 2. The van der Waals surface area contributed by atoms with Crippen LogP contribution in [-0.4, -0.2) is 37.3 Å². The first-order valence-corrected chi connectivity index (χ1v) is 4.90. The second-order valence-corrected chi connectivity index (χ2v) is 3.55. The van der Waals surface area contributed by atoms with Gasteiger partial charge >= 0.3 is 24.0 Å². The van der Waals surface area contributed by atoms with E-state index in [0.717, 1.165) is 0 Å². The molecule has 0 aromatic heterocycles. The number of rotatable bonds is 6. The largest absolute Gasteiger partial charge is 0.459 e. The van der Waals surface area contributed by atoms with Crippen LogP contribution in [0.1, 0.15) is 13.3 Å². The van der Waals surface area contributed by atoms with Crippen LogP contribution in [0, 0.1) is 0 Å². The van der Waals surface area contributed by atoms with Gasteiger partial charge in [0.15, 0.2) is 0 Å². The van der Waals surface area contributed by atoms with E-state index in [1.165, 1.54) is 6.92 Å². The molecule has 0 radical (unpaired) electrons. The van der Waals surface area contributed by atoms with Gasteiger partial charge in [-0.05, 0) is 6.92 Å². The lowest BCUT2D eigenvalue weighted by atomic mass is 10.2. The maximum Gasteiger partial charge on any atom is 0.395 e. The van der Waals surface area contributed by atoms with Gasteiger partial charge in [0.05, 0.1) is 0 Å². The molecule has 0 saturated carbocycles. The van der Waals surface area contributed by atoms with Crippen molar-refractivity contribution in [2.24, 2.45) is 0 Å². The van der Waals surface area contributed by atoms with E-state index in [4.69, 9.17) is 0 Å². The third kappa shape index (κ3) is 7.37. The van der Waals surface area contributed by atoms with Crippen LogP contribution in [-0.2, 0) is 19.1 Å². The van der Waals surface area contributed by atoms with Crippen LogP contribution in [0.25, 0.3) is 0 Å². The van der Waals surface area contributed by atoms with Gasteiger partial charge < -0.3 is 9.47 Å². The van der Waals surface area contributed by atoms with Crippen LogP contribution < -0.4 is 0 Å². The number of esters is 2. The van der Waals surface area contributed by atoms with E-state index in [0.29, 0.717) is 0 Å². The summed E-state index contributed by atoms with van der Waals surface area (Å²) in [5, 5.41) is 0. The van der Waals surface area contributed by atoms with Crippen molar-refractivity contribution in [1.29, 1.82) is 0 Å². The fraction of sp³-hybridized carbons (Fsp3) is 0.600. The molecule has 0 aliphatic rings. The van der Waals surface area contributed by atoms with Crippen molar-refractivity contribution in [3.63, 3.8) is 0 Å². The van der Waals surface area contributed by atoms with Gasteiger partial charge in [0.1, 0.15) is 19.6 Å². The van der Waals surface area contributed by atoms with Crippen molar-refractivity contribution >= 4 is 11.9 Å². The molecule has 0 N–H and O–H groups in total. The van der Waals surface area contributed by atoms with E-state index in [9.17, 15) is 31.5 Å². The topological polar surface area (TPSA) is 52.6 Å². The van der Waals surface area contributed by atoms with E-state index >= 15 is 0 Å². The maximum absolute atomic E-state index is 12.7. The summed E-state index contributed by atoms with van der Waals surface area (Å²) in [5.74, 6) is -7.83. The van der Waals surface area contributed by atoms with Gasteiger partial charge in [-0.2, -0.15) is 22.0 Å². The van der Waals surface area contributed by atoms with Gasteiger partial charge in [0.2, 0.25) is 0 Å². The van der Waals surface area contributed by atoms with Gasteiger partial charge in [-0.3, -0.25) is 0 Å². The summed E-state index contributed by atoms with van der Waals surface area (Å²) < 4.78 is 68.9. The Hall–Kier alpha value is -1.67. The lowest BCUT2D eigenvalue weighted by Gasteiger charge is -2.16. The Balaban J connectivity index is 4.11. The summed E-state index contributed by atoms with van der Waals surface area (Å²) in [4.78, 5) is 21.5. The summed E-state index contributed by atoms with van der Waals surface area (Å²) in [6.07, 6.45) is -7.81. The number of alkyl halides is 5. The van der Waals surface area contributed by atoms with Crippen LogP contribution >= 0.6 is 0 Å². The normalized spacial score (nSPS) is 11.9. The molecule has 0 atom stereocenters. The molecule has 0 aliphatic carbocycles. The minimum Gasteiger partial charge on any atom is -0.459 e. The third-order valence-corrected chi connectivity index (χ3v) is 1.62. The molecule has 0 saturated heterocycles. The predicted octanol–water partition coefficient (Wildman–Crippen LogP) is 2.24. The lowest BCUT2D eigenvalue weighted by molar-refractivity contribution is -0.209. The summed E-state index contributed by atoms with van der Waals surface area (Å²) in [5.41, 5.74) is 0.0359. The fourth-order valence-electron chi connectivity index (χ4n) is 0.821. The van der Waals surface area contributed by atoms with Gasteiger partial charge in [-0.1, -0.05) is 6.58 Å². The average molecular weight is 290 g/mol. The Labute approximate surface area is 105 Å². The van der Waals surface area contributed by atoms with Crippen molar-refractivity contribution < 1.29 is 41.0 Å². The number of ether oxygens (including phenoxy) is 2. The molecule has 0 aromatic rings. The van der Waals surface area contributed by atoms with Gasteiger partial charge in [-0.15, -0.1) is 0 Å². The summed E-state index contributed by atoms with van der Waals surface area (Å²) >= 11 is 0. The Morgan fingerprint density at radius 2 is 1.53 bits per heavy atom. The van der Waals surface area contributed by atoms with Gasteiger partial charge in [0.25, 0.3) is 0 Å². The van der Waals surface area contributed by atoms with Crippen LogP contribution in [0.3, 0.4) is 0 Å². The molecule has 0 spiro atoms. The zero-order valence-electron chi connectivity index (χ0n) is 9.85. The number of halogens is 5. The van der Waals surface area contributed by atoms with Crippen molar-refractivity contribution in [2.75, 3.05) is 13.2 Å². The highest BCUT2D eigenvalue weighted by molar-refractivity contribution is 5.86. The third-order valence-electron chi connectivity index (χ3n) is 1.62. The molecule has 4 nitrogen and oxygen atoms in total. The molecule has 0 unspecified atom stereocenters. The van der Waals surface area contributed by atoms with Crippen LogP contribution in [0.15, 0.2) is 12.2 Å². The van der Waals surface area contributed by atoms with E-state index in [1.54, 1.807) is 0 Å². The Kier molecular flexibility index (Phi) is 5.91. The molecule has 9 heteroatoms. The maximum atomic E-state index is 12.7. The molecule has 0 heterocycles. The highest BCUT2D eigenvalue weighted by Crippen LogP contribution is 2.32. The Morgan fingerprint density at radius 3 is 1.95 bits per heavy atom. The zero-order chi connectivity index (χ0) is 15.3. The fourth-order valence-corrected chi connectivity index (χ4v) is 0.821. The van der Waals surface area contributed by atoms with Crippen molar-refractivity contribution in [1.82, 2.24) is 0 Å². The highest BCUT2D eigenvalue weighted by atomic mass is 19.4. The molecule has 110 valence electrons. The number of hydrogen-bond donors (Lipinski definition) is 0. The standard InChI is InChI=1S/C10H11F5O4/c1-6(2)7(16)18-3-4-19-8(17)9(11,12)5-10(13,14)15/h1,3-5H2,2H3. The molecule has 0 bridgehead atoms. The van der Waals surface area contributed by atoms with Crippen molar-refractivity contribution in [3.05, 3.63) is 12.2 Å². The minimum absolute atomic E-state index is 0.0359. The first kappa shape index (κ1) is 17.3. The smallest absolute Gasteiger partial charge is 0.395 e. The van der Waals surface area contributed by atoms with Gasteiger partial charge in [0, 0.05) is 5.57 Å². The minimum atomic E-state index is -5.20. The average Bonchev–Trinajstić information content (AvgIpc) is 2.19. The second kappa shape index (κ2) is 6.48. The van der Waals surface area contributed by atoms with Crippen LogP contribution in [0.5, 0.6) is 0 Å². The molecule has 19 heavy (non-hydrogen) atoms. The zero-order valence-corrected chi connectivity index (χ0v) is 9.85. The van der Waals surface area contributed by atoms with Crippen molar-refractivity contribution in [2.45, 2.75) is 25.4 Å². The molecule has 0 amide bonds. The second-order valence-electron chi connectivity index (χ2n) is 3.55. The molecule has 0 rings (SSSR count). The number of hydrogen-bond acceptors (Lipinski definition) is 4. The van der Waals surface area contributed by atoms with E-state index in [-0.39, 0.29) is 5.57 Å². The van der Waals surface area contributed by atoms with E-state index < -0.39 is 43.7 Å². The van der Waals surface area contributed by atoms with Gasteiger partial charge in [-0.25, -0.2) is 9.59 Å².